The van der Waals surface area contributed by atoms with Gasteiger partial charge in [-0.2, -0.15) is 0 Å². The van der Waals surface area contributed by atoms with Gasteiger partial charge in [-0.3, -0.25) is 0 Å². The third kappa shape index (κ3) is 1.90. The van der Waals surface area contributed by atoms with Gasteiger partial charge in [0.05, 0.1) is 0 Å². The number of rotatable bonds is 2. The molecule has 0 aliphatic carbocycles. The number of hydrogen-bond acceptors (Lipinski definition) is 0. The largest absolute Gasteiger partial charge is 0.0619 e. The zero-order valence-corrected chi connectivity index (χ0v) is 9.40. The van der Waals surface area contributed by atoms with Crippen molar-refractivity contribution in [2.24, 2.45) is 5.92 Å². The first kappa shape index (κ1) is 10.2. The first-order valence-electron chi connectivity index (χ1n) is 5.51. The minimum Gasteiger partial charge on any atom is -0.0619 e. The van der Waals surface area contributed by atoms with Gasteiger partial charge in [0.15, 0.2) is 0 Å². The lowest BCUT2D eigenvalue weighted by Gasteiger charge is -2.18. The Labute approximate surface area is 91.9 Å². The summed E-state index contributed by atoms with van der Waals surface area (Å²) >= 11 is 0. The van der Waals surface area contributed by atoms with Gasteiger partial charge in [-0.05, 0) is 35.1 Å². The van der Waals surface area contributed by atoms with E-state index in [1.807, 2.05) is 0 Å². The van der Waals surface area contributed by atoms with Crippen molar-refractivity contribution in [3.05, 3.63) is 55.0 Å². The summed E-state index contributed by atoms with van der Waals surface area (Å²) in [6.45, 7) is 8.54. The van der Waals surface area contributed by atoms with Crippen LogP contribution in [0.2, 0.25) is 0 Å². The molecule has 15 heavy (non-hydrogen) atoms. The van der Waals surface area contributed by atoms with E-state index in [2.05, 4.69) is 63.2 Å². The van der Waals surface area contributed by atoms with Crippen LogP contribution in [0.15, 0.2) is 42.5 Å². The summed E-state index contributed by atoms with van der Waals surface area (Å²) in [7, 11) is 0. The van der Waals surface area contributed by atoms with E-state index in [4.69, 9.17) is 0 Å². The fourth-order valence-corrected chi connectivity index (χ4v) is 1.95. The van der Waals surface area contributed by atoms with E-state index < -0.39 is 0 Å². The Hall–Kier alpha value is -1.30. The molecule has 0 spiro atoms. The first-order chi connectivity index (χ1) is 7.20. The maximum absolute atomic E-state index is 4.12. The molecule has 2 unspecified atom stereocenters. The molecule has 0 aliphatic heterocycles. The Balaban J connectivity index is 2.60. The Kier molecular flexibility index (Phi) is 2.77. The molecule has 0 aromatic heterocycles. The van der Waals surface area contributed by atoms with Crippen LogP contribution in [-0.2, 0) is 0 Å². The van der Waals surface area contributed by atoms with Crippen molar-refractivity contribution in [3.8, 4) is 0 Å². The van der Waals surface area contributed by atoms with Crippen LogP contribution in [0.5, 0.6) is 0 Å². The standard InChI is InChI=1S/C15H17/c1-11(2)12(3)14-10-6-8-13-7-4-5-9-15(13)14/h4-12H,1H2,2-3H3. The molecule has 0 saturated carbocycles. The fourth-order valence-electron chi connectivity index (χ4n) is 1.95. The summed E-state index contributed by atoms with van der Waals surface area (Å²) < 4.78 is 0. The lowest BCUT2D eigenvalue weighted by Crippen LogP contribution is -2.02. The molecule has 1 radical (unpaired) electrons. The molecule has 0 aliphatic rings. The van der Waals surface area contributed by atoms with Gasteiger partial charge in [0.2, 0.25) is 0 Å². The van der Waals surface area contributed by atoms with Gasteiger partial charge in [0.25, 0.3) is 0 Å². The zero-order chi connectivity index (χ0) is 10.8. The lowest BCUT2D eigenvalue weighted by molar-refractivity contribution is 0.591. The van der Waals surface area contributed by atoms with E-state index in [1.54, 1.807) is 0 Å². The number of fused-ring (bicyclic) bond motifs is 1. The fraction of sp³-hybridized carbons (Fsp3) is 0.267. The molecule has 0 heterocycles. The topological polar surface area (TPSA) is 0 Å². The Morgan fingerprint density at radius 3 is 2.33 bits per heavy atom. The van der Waals surface area contributed by atoms with E-state index in [9.17, 15) is 0 Å². The minimum atomic E-state index is 0.441. The van der Waals surface area contributed by atoms with Gasteiger partial charge in [-0.15, -0.1) is 0 Å². The van der Waals surface area contributed by atoms with Crippen LogP contribution in [-0.4, -0.2) is 0 Å². The SMILES string of the molecule is [CH2]C(C)C(C)c1cccc2ccccc12. The molecule has 0 fully saturated rings. The third-order valence-corrected chi connectivity index (χ3v) is 3.17. The number of benzene rings is 2. The molecule has 2 rings (SSSR count). The summed E-state index contributed by atoms with van der Waals surface area (Å²) in [6, 6.07) is 15.1. The number of hydrogen-bond donors (Lipinski definition) is 0. The predicted octanol–water partition coefficient (Wildman–Crippen LogP) is 4.41. The molecule has 2 atom stereocenters. The van der Waals surface area contributed by atoms with Crippen molar-refractivity contribution in [1.82, 2.24) is 0 Å². The molecular weight excluding hydrogens is 180 g/mol. The molecule has 0 bridgehead atoms. The second kappa shape index (κ2) is 4.06. The summed E-state index contributed by atoms with van der Waals surface area (Å²) in [5.74, 6) is 0.951. The molecule has 77 valence electrons. The van der Waals surface area contributed by atoms with Gasteiger partial charge in [0.1, 0.15) is 0 Å². The first-order valence-corrected chi connectivity index (χ1v) is 5.51. The molecule has 2 aromatic rings. The van der Waals surface area contributed by atoms with Crippen LogP contribution in [0.4, 0.5) is 0 Å². The Morgan fingerprint density at radius 2 is 1.60 bits per heavy atom. The summed E-state index contributed by atoms with van der Waals surface area (Å²) in [5.41, 5.74) is 1.41. The van der Waals surface area contributed by atoms with Crippen molar-refractivity contribution in [2.75, 3.05) is 0 Å². The molecule has 0 heteroatoms. The molecule has 0 amide bonds. The average molecular weight is 197 g/mol. The Bertz CT molecular complexity index is 449. The zero-order valence-electron chi connectivity index (χ0n) is 9.40. The van der Waals surface area contributed by atoms with Crippen molar-refractivity contribution in [2.45, 2.75) is 19.8 Å². The quantitative estimate of drug-likeness (QED) is 0.668. The highest BCUT2D eigenvalue weighted by Crippen LogP contribution is 2.29. The van der Waals surface area contributed by atoms with E-state index >= 15 is 0 Å². The van der Waals surface area contributed by atoms with E-state index in [0.29, 0.717) is 11.8 Å². The monoisotopic (exact) mass is 197 g/mol. The van der Waals surface area contributed by atoms with E-state index in [0.717, 1.165) is 0 Å². The maximum atomic E-state index is 4.12. The van der Waals surface area contributed by atoms with Gasteiger partial charge in [0, 0.05) is 0 Å². The van der Waals surface area contributed by atoms with Crippen molar-refractivity contribution in [1.29, 1.82) is 0 Å². The van der Waals surface area contributed by atoms with Crippen LogP contribution < -0.4 is 0 Å². The molecule has 2 aromatic carbocycles. The summed E-state index contributed by atoms with van der Waals surface area (Å²) in [5, 5.41) is 2.69. The average Bonchev–Trinajstić information content (AvgIpc) is 2.27. The second-order valence-corrected chi connectivity index (χ2v) is 4.33. The van der Waals surface area contributed by atoms with Crippen molar-refractivity contribution in [3.63, 3.8) is 0 Å². The van der Waals surface area contributed by atoms with Crippen LogP contribution in [0.3, 0.4) is 0 Å². The maximum Gasteiger partial charge on any atom is -0.0149 e. The van der Waals surface area contributed by atoms with E-state index in [-0.39, 0.29) is 0 Å². The Morgan fingerprint density at radius 1 is 0.933 bits per heavy atom. The molecule has 0 saturated heterocycles. The lowest BCUT2D eigenvalue weighted by atomic mass is 9.87. The molecule has 0 nitrogen and oxygen atoms in total. The summed E-state index contributed by atoms with van der Waals surface area (Å²) in [4.78, 5) is 0. The van der Waals surface area contributed by atoms with Crippen LogP contribution in [0, 0.1) is 12.8 Å². The smallest absolute Gasteiger partial charge is 0.0149 e. The highest BCUT2D eigenvalue weighted by atomic mass is 14.2. The third-order valence-electron chi connectivity index (χ3n) is 3.17. The molecular formula is C15H17. The summed E-state index contributed by atoms with van der Waals surface area (Å²) in [6.07, 6.45) is 0. The van der Waals surface area contributed by atoms with Gasteiger partial charge < -0.3 is 0 Å². The second-order valence-electron chi connectivity index (χ2n) is 4.33. The van der Waals surface area contributed by atoms with Crippen molar-refractivity contribution >= 4 is 10.8 Å². The van der Waals surface area contributed by atoms with Gasteiger partial charge in [-0.1, -0.05) is 56.3 Å². The highest BCUT2D eigenvalue weighted by molar-refractivity contribution is 5.86. The predicted molar refractivity (Wildman–Crippen MR) is 66.9 cm³/mol. The normalized spacial score (nSPS) is 13.3. The van der Waals surface area contributed by atoms with Crippen molar-refractivity contribution < 1.29 is 0 Å². The van der Waals surface area contributed by atoms with Crippen LogP contribution >= 0.6 is 0 Å². The highest BCUT2D eigenvalue weighted by Gasteiger charge is 2.12. The molecule has 0 N–H and O–H groups in total. The van der Waals surface area contributed by atoms with Crippen LogP contribution in [0.1, 0.15) is 25.3 Å². The van der Waals surface area contributed by atoms with Gasteiger partial charge >= 0.3 is 0 Å². The van der Waals surface area contributed by atoms with Crippen LogP contribution in [0.25, 0.3) is 10.8 Å². The van der Waals surface area contributed by atoms with Gasteiger partial charge in [-0.25, -0.2) is 0 Å². The minimum absolute atomic E-state index is 0.441. The van der Waals surface area contributed by atoms with E-state index in [1.165, 1.54) is 16.3 Å².